The number of nitrogens with one attached hydrogen (secondary N) is 1. The molecule has 8 heteroatoms. The summed E-state index contributed by atoms with van der Waals surface area (Å²) in [6.45, 7) is 4.55. The van der Waals surface area contributed by atoms with Crippen LogP contribution in [0.15, 0.2) is 66.9 Å². The second-order valence-electron chi connectivity index (χ2n) is 7.06. The molecule has 1 N–H and O–H groups in total. The molecule has 0 aliphatic rings. The zero-order valence-corrected chi connectivity index (χ0v) is 18.0. The number of pyridine rings is 1. The summed E-state index contributed by atoms with van der Waals surface area (Å²) in [6.07, 6.45) is 1.67. The SMILES string of the molecule is CCN(Cc1cccc(Cl)c1)C(=O)c1ccc(NC(C)c2ccccn2)c([N+](=O)[O-])c1. The zero-order valence-electron chi connectivity index (χ0n) is 17.3. The molecule has 0 saturated heterocycles. The largest absolute Gasteiger partial charge is 0.371 e. The van der Waals surface area contributed by atoms with Crippen molar-refractivity contribution in [1.82, 2.24) is 9.88 Å². The van der Waals surface area contributed by atoms with Crippen LogP contribution in [-0.2, 0) is 6.54 Å². The molecule has 31 heavy (non-hydrogen) atoms. The first-order valence-corrected chi connectivity index (χ1v) is 10.3. The molecule has 160 valence electrons. The Hall–Kier alpha value is -3.45. The van der Waals surface area contributed by atoms with Crippen LogP contribution in [0.5, 0.6) is 0 Å². The fraction of sp³-hybridized carbons (Fsp3) is 0.217. The summed E-state index contributed by atoms with van der Waals surface area (Å²) in [5.41, 5.74) is 2.08. The molecule has 0 saturated carbocycles. The molecule has 0 spiro atoms. The summed E-state index contributed by atoms with van der Waals surface area (Å²) < 4.78 is 0. The molecule has 3 aromatic rings. The van der Waals surface area contributed by atoms with Gasteiger partial charge in [-0.15, -0.1) is 0 Å². The van der Waals surface area contributed by atoms with Gasteiger partial charge in [-0.3, -0.25) is 19.9 Å². The molecular weight excluding hydrogens is 416 g/mol. The lowest BCUT2D eigenvalue weighted by Crippen LogP contribution is -2.30. The number of carbonyl (C=O) groups excluding carboxylic acids is 1. The number of nitro groups is 1. The second-order valence-corrected chi connectivity index (χ2v) is 7.50. The van der Waals surface area contributed by atoms with Gasteiger partial charge < -0.3 is 10.2 Å². The maximum atomic E-state index is 13.0. The molecule has 7 nitrogen and oxygen atoms in total. The Labute approximate surface area is 185 Å². The van der Waals surface area contributed by atoms with E-state index in [0.717, 1.165) is 11.3 Å². The van der Waals surface area contributed by atoms with E-state index in [4.69, 9.17) is 11.6 Å². The lowest BCUT2D eigenvalue weighted by atomic mass is 10.1. The van der Waals surface area contributed by atoms with Crippen LogP contribution < -0.4 is 5.32 Å². The van der Waals surface area contributed by atoms with Gasteiger partial charge in [0.2, 0.25) is 0 Å². The highest BCUT2D eigenvalue weighted by atomic mass is 35.5. The summed E-state index contributed by atoms with van der Waals surface area (Å²) in [6, 6.07) is 17.0. The number of hydrogen-bond acceptors (Lipinski definition) is 5. The number of benzene rings is 2. The van der Waals surface area contributed by atoms with Crippen molar-refractivity contribution in [3.63, 3.8) is 0 Å². The number of anilines is 1. The Bertz CT molecular complexity index is 1080. The van der Waals surface area contributed by atoms with Crippen molar-refractivity contribution >= 4 is 28.9 Å². The first kappa shape index (κ1) is 22.2. The van der Waals surface area contributed by atoms with E-state index >= 15 is 0 Å². The fourth-order valence-corrected chi connectivity index (χ4v) is 3.46. The van der Waals surface area contributed by atoms with Gasteiger partial charge in [-0.25, -0.2) is 0 Å². The number of amides is 1. The van der Waals surface area contributed by atoms with Gasteiger partial charge in [0.15, 0.2) is 0 Å². The quantitative estimate of drug-likeness (QED) is 0.371. The first-order valence-electron chi connectivity index (χ1n) is 9.88. The molecule has 0 aliphatic heterocycles. The highest BCUT2D eigenvalue weighted by Crippen LogP contribution is 2.29. The van der Waals surface area contributed by atoms with Crippen molar-refractivity contribution in [2.75, 3.05) is 11.9 Å². The van der Waals surface area contributed by atoms with Crippen molar-refractivity contribution < 1.29 is 9.72 Å². The molecule has 3 rings (SSSR count). The second kappa shape index (κ2) is 10.0. The van der Waals surface area contributed by atoms with Crippen LogP contribution in [0.1, 0.15) is 41.5 Å². The van der Waals surface area contributed by atoms with E-state index in [2.05, 4.69) is 10.3 Å². The number of nitro benzene ring substituents is 1. The molecule has 0 bridgehead atoms. The van der Waals surface area contributed by atoms with Crippen LogP contribution in [0.3, 0.4) is 0 Å². The summed E-state index contributed by atoms with van der Waals surface area (Å²) >= 11 is 6.04. The van der Waals surface area contributed by atoms with Crippen molar-refractivity contribution in [2.45, 2.75) is 26.4 Å². The normalized spacial score (nSPS) is 11.6. The molecule has 0 aliphatic carbocycles. The van der Waals surface area contributed by atoms with Gasteiger partial charge in [0.25, 0.3) is 11.6 Å². The smallest absolute Gasteiger partial charge is 0.293 e. The van der Waals surface area contributed by atoms with Gasteiger partial charge in [-0.05, 0) is 55.8 Å². The molecule has 2 aromatic carbocycles. The highest BCUT2D eigenvalue weighted by molar-refractivity contribution is 6.30. The number of halogens is 1. The molecule has 1 heterocycles. The van der Waals surface area contributed by atoms with E-state index in [0.29, 0.717) is 23.8 Å². The Morgan fingerprint density at radius 2 is 2.00 bits per heavy atom. The third-order valence-electron chi connectivity index (χ3n) is 4.88. The van der Waals surface area contributed by atoms with Crippen molar-refractivity contribution in [1.29, 1.82) is 0 Å². The maximum absolute atomic E-state index is 13.0. The minimum atomic E-state index is -0.489. The van der Waals surface area contributed by atoms with Crippen molar-refractivity contribution in [2.24, 2.45) is 0 Å². The van der Waals surface area contributed by atoms with Gasteiger partial charge in [0.1, 0.15) is 5.69 Å². The van der Waals surface area contributed by atoms with Crippen LogP contribution in [0.25, 0.3) is 0 Å². The van der Waals surface area contributed by atoms with Gasteiger partial charge in [0.05, 0.1) is 16.7 Å². The number of aromatic nitrogens is 1. The number of rotatable bonds is 8. The standard InChI is InChI=1S/C23H23ClN4O3/c1-3-27(15-17-7-6-8-19(24)13-17)23(29)18-10-11-21(22(14-18)28(30)31)26-16(2)20-9-4-5-12-25-20/h4-14,16,26H,3,15H2,1-2H3. The Morgan fingerprint density at radius 3 is 2.65 bits per heavy atom. The van der Waals surface area contributed by atoms with Gasteiger partial charge in [-0.2, -0.15) is 0 Å². The fourth-order valence-electron chi connectivity index (χ4n) is 3.24. The predicted octanol–water partition coefficient (Wildman–Crippen LogP) is 5.48. The maximum Gasteiger partial charge on any atom is 0.293 e. The Kier molecular flexibility index (Phi) is 7.20. The summed E-state index contributed by atoms with van der Waals surface area (Å²) in [5, 5.41) is 15.4. The molecular formula is C23H23ClN4O3. The molecule has 0 fully saturated rings. The van der Waals surface area contributed by atoms with Gasteiger partial charge in [0, 0.05) is 35.9 Å². The van der Waals surface area contributed by atoms with Crippen LogP contribution >= 0.6 is 11.6 Å². The first-order chi connectivity index (χ1) is 14.9. The number of hydrogen-bond donors (Lipinski definition) is 1. The lowest BCUT2D eigenvalue weighted by molar-refractivity contribution is -0.384. The average molecular weight is 439 g/mol. The van der Waals surface area contributed by atoms with Gasteiger partial charge >= 0.3 is 0 Å². The third-order valence-corrected chi connectivity index (χ3v) is 5.11. The van der Waals surface area contributed by atoms with Crippen LogP contribution in [0, 0.1) is 10.1 Å². The zero-order chi connectivity index (χ0) is 22.4. The summed E-state index contributed by atoms with van der Waals surface area (Å²) in [5.74, 6) is -0.282. The number of nitrogens with zero attached hydrogens (tertiary/aromatic N) is 3. The van der Waals surface area contributed by atoms with E-state index in [9.17, 15) is 14.9 Å². The van der Waals surface area contributed by atoms with E-state index in [1.807, 2.05) is 44.2 Å². The van der Waals surface area contributed by atoms with Crippen molar-refractivity contribution in [3.05, 3.63) is 98.8 Å². The minimum absolute atomic E-state index is 0.160. The van der Waals surface area contributed by atoms with Crippen LogP contribution in [-0.4, -0.2) is 27.3 Å². The molecule has 1 unspecified atom stereocenters. The van der Waals surface area contributed by atoms with Crippen LogP contribution in [0.4, 0.5) is 11.4 Å². The number of carbonyl (C=O) groups is 1. The van der Waals surface area contributed by atoms with Crippen molar-refractivity contribution in [3.8, 4) is 0 Å². The van der Waals surface area contributed by atoms with E-state index < -0.39 is 4.92 Å². The summed E-state index contributed by atoms with van der Waals surface area (Å²) in [4.78, 5) is 30.1. The highest BCUT2D eigenvalue weighted by Gasteiger charge is 2.22. The Morgan fingerprint density at radius 1 is 1.19 bits per heavy atom. The minimum Gasteiger partial charge on any atom is -0.371 e. The summed E-state index contributed by atoms with van der Waals surface area (Å²) in [7, 11) is 0. The monoisotopic (exact) mass is 438 g/mol. The van der Waals surface area contributed by atoms with E-state index in [-0.39, 0.29) is 23.2 Å². The van der Waals surface area contributed by atoms with Gasteiger partial charge in [-0.1, -0.05) is 29.8 Å². The molecule has 1 aromatic heterocycles. The average Bonchev–Trinajstić information content (AvgIpc) is 2.77. The molecule has 0 radical (unpaired) electrons. The lowest BCUT2D eigenvalue weighted by Gasteiger charge is -2.21. The molecule has 1 amide bonds. The van der Waals surface area contributed by atoms with E-state index in [1.165, 1.54) is 6.07 Å². The topological polar surface area (TPSA) is 88.4 Å². The third kappa shape index (κ3) is 5.58. The van der Waals surface area contributed by atoms with E-state index in [1.54, 1.807) is 35.4 Å². The van der Waals surface area contributed by atoms with Crippen LogP contribution in [0.2, 0.25) is 5.02 Å². The predicted molar refractivity (Wildman–Crippen MR) is 121 cm³/mol. The Balaban J connectivity index is 1.83. The molecule has 1 atom stereocenters.